The van der Waals surface area contributed by atoms with Gasteiger partial charge in [-0.05, 0) is 31.0 Å². The van der Waals surface area contributed by atoms with Gasteiger partial charge in [0.1, 0.15) is 17.3 Å². The standard InChI is InChI=1S/C26H24F3NO5/c1-3-11-34-23-16-7-5-6-8-17(16)24(35-26(28)29)22-18(23)14-30(25(22)32)20-10-9-15(12-19(20)27)13-21(31)33-4-2/h5-10,12,14,26,32H,3-4,11,13H2,1-2H3. The maximum absolute atomic E-state index is 15.1. The van der Waals surface area contributed by atoms with Crippen LogP contribution in [0.1, 0.15) is 25.8 Å². The number of hydrogen-bond donors (Lipinski definition) is 1. The summed E-state index contributed by atoms with van der Waals surface area (Å²) in [6.07, 6.45) is 2.00. The minimum absolute atomic E-state index is 0.0231. The number of aromatic hydroxyl groups is 1. The second-order valence-corrected chi connectivity index (χ2v) is 7.81. The second kappa shape index (κ2) is 10.2. The zero-order valence-electron chi connectivity index (χ0n) is 19.2. The van der Waals surface area contributed by atoms with E-state index >= 15 is 4.39 Å². The van der Waals surface area contributed by atoms with E-state index in [1.807, 2.05) is 6.92 Å². The van der Waals surface area contributed by atoms with Crippen molar-refractivity contribution in [2.24, 2.45) is 0 Å². The van der Waals surface area contributed by atoms with Crippen molar-refractivity contribution in [3.05, 3.63) is 60.0 Å². The molecule has 35 heavy (non-hydrogen) atoms. The first-order valence-corrected chi connectivity index (χ1v) is 11.2. The minimum Gasteiger partial charge on any atom is -0.494 e. The predicted molar refractivity (Wildman–Crippen MR) is 125 cm³/mol. The summed E-state index contributed by atoms with van der Waals surface area (Å²) in [4.78, 5) is 11.7. The molecular formula is C26H24F3NO5. The van der Waals surface area contributed by atoms with Crippen LogP contribution in [0.15, 0.2) is 48.7 Å². The van der Waals surface area contributed by atoms with Gasteiger partial charge >= 0.3 is 12.6 Å². The van der Waals surface area contributed by atoms with Crippen LogP contribution in [0.25, 0.3) is 27.2 Å². The molecule has 1 N–H and O–H groups in total. The fourth-order valence-electron chi connectivity index (χ4n) is 4.04. The van der Waals surface area contributed by atoms with Crippen LogP contribution in [0.5, 0.6) is 17.4 Å². The molecule has 0 bridgehead atoms. The van der Waals surface area contributed by atoms with E-state index < -0.39 is 24.3 Å². The van der Waals surface area contributed by atoms with Crippen molar-refractivity contribution in [2.75, 3.05) is 13.2 Å². The van der Waals surface area contributed by atoms with Crippen LogP contribution in [0, 0.1) is 5.82 Å². The molecule has 0 spiro atoms. The van der Waals surface area contributed by atoms with Crippen molar-refractivity contribution in [1.29, 1.82) is 0 Å². The minimum atomic E-state index is -3.15. The molecule has 9 heteroatoms. The number of aromatic nitrogens is 1. The van der Waals surface area contributed by atoms with Crippen LogP contribution >= 0.6 is 0 Å². The number of nitrogens with zero attached hydrogens (tertiary/aromatic N) is 1. The molecule has 4 aromatic rings. The van der Waals surface area contributed by atoms with Crippen molar-refractivity contribution in [3.63, 3.8) is 0 Å². The first-order chi connectivity index (χ1) is 16.8. The van der Waals surface area contributed by atoms with E-state index in [4.69, 9.17) is 14.2 Å². The highest BCUT2D eigenvalue weighted by Crippen LogP contribution is 2.48. The van der Waals surface area contributed by atoms with Crippen molar-refractivity contribution in [1.82, 2.24) is 4.57 Å². The van der Waals surface area contributed by atoms with Crippen molar-refractivity contribution < 1.29 is 37.3 Å². The van der Waals surface area contributed by atoms with E-state index in [9.17, 15) is 18.7 Å². The van der Waals surface area contributed by atoms with E-state index in [1.165, 1.54) is 18.3 Å². The molecule has 0 aliphatic rings. The maximum Gasteiger partial charge on any atom is 0.387 e. The number of alkyl halides is 2. The number of carbonyl (C=O) groups is 1. The first-order valence-electron chi connectivity index (χ1n) is 11.2. The third kappa shape index (κ3) is 4.71. The van der Waals surface area contributed by atoms with Gasteiger partial charge in [-0.25, -0.2) is 4.39 Å². The molecule has 4 rings (SSSR count). The average molecular weight is 487 g/mol. The van der Waals surface area contributed by atoms with Gasteiger partial charge in [-0.15, -0.1) is 0 Å². The Morgan fingerprint density at radius 3 is 2.40 bits per heavy atom. The van der Waals surface area contributed by atoms with Gasteiger partial charge in [-0.1, -0.05) is 37.3 Å². The summed E-state index contributed by atoms with van der Waals surface area (Å²) in [7, 11) is 0. The molecule has 3 aromatic carbocycles. The van der Waals surface area contributed by atoms with Crippen LogP contribution < -0.4 is 9.47 Å². The highest BCUT2D eigenvalue weighted by atomic mass is 19.3. The third-order valence-corrected chi connectivity index (χ3v) is 5.45. The molecular weight excluding hydrogens is 463 g/mol. The summed E-state index contributed by atoms with van der Waals surface area (Å²) in [5, 5.41) is 12.2. The van der Waals surface area contributed by atoms with Gasteiger partial charge < -0.3 is 19.3 Å². The molecule has 1 aromatic heterocycles. The molecule has 0 fully saturated rings. The smallest absolute Gasteiger partial charge is 0.387 e. The molecule has 0 saturated heterocycles. The molecule has 1 heterocycles. The molecule has 0 unspecified atom stereocenters. The van der Waals surface area contributed by atoms with Crippen LogP contribution in [0.4, 0.5) is 13.2 Å². The quantitative estimate of drug-likeness (QED) is 0.288. The summed E-state index contributed by atoms with van der Waals surface area (Å²) < 4.78 is 58.7. The van der Waals surface area contributed by atoms with Gasteiger partial charge in [0, 0.05) is 17.0 Å². The summed E-state index contributed by atoms with van der Waals surface area (Å²) in [5.41, 5.74) is 0.347. The fraction of sp³-hybridized carbons (Fsp3) is 0.269. The van der Waals surface area contributed by atoms with Crippen LogP contribution in [-0.2, 0) is 16.0 Å². The second-order valence-electron chi connectivity index (χ2n) is 7.81. The Morgan fingerprint density at radius 1 is 1.06 bits per heavy atom. The summed E-state index contributed by atoms with van der Waals surface area (Å²) in [6.45, 7) is 1.00. The molecule has 0 amide bonds. The molecule has 0 atom stereocenters. The zero-order valence-corrected chi connectivity index (χ0v) is 19.2. The Kier molecular flexibility index (Phi) is 7.04. The third-order valence-electron chi connectivity index (χ3n) is 5.45. The van der Waals surface area contributed by atoms with Gasteiger partial charge in [-0.2, -0.15) is 8.78 Å². The number of halogens is 3. The Balaban J connectivity index is 1.93. The summed E-state index contributed by atoms with van der Waals surface area (Å²) in [6, 6.07) is 10.8. The summed E-state index contributed by atoms with van der Waals surface area (Å²) in [5.74, 6) is -1.57. The Hall–Kier alpha value is -3.88. The number of ether oxygens (including phenoxy) is 3. The number of carbonyl (C=O) groups excluding carboxylic acids is 1. The van der Waals surface area contributed by atoms with Crippen molar-refractivity contribution in [2.45, 2.75) is 33.3 Å². The number of rotatable bonds is 9. The highest BCUT2D eigenvalue weighted by Gasteiger charge is 2.25. The lowest BCUT2D eigenvalue weighted by Crippen LogP contribution is -2.08. The fourth-order valence-corrected chi connectivity index (χ4v) is 4.04. The van der Waals surface area contributed by atoms with Gasteiger partial charge in [0.25, 0.3) is 0 Å². The number of hydrogen-bond acceptors (Lipinski definition) is 5. The zero-order chi connectivity index (χ0) is 25.1. The normalized spacial score (nSPS) is 11.4. The lowest BCUT2D eigenvalue weighted by Gasteiger charge is -2.15. The molecule has 0 aliphatic carbocycles. The van der Waals surface area contributed by atoms with E-state index in [0.717, 1.165) is 10.6 Å². The van der Waals surface area contributed by atoms with E-state index in [-0.39, 0.29) is 29.9 Å². The predicted octanol–water partition coefficient (Wildman–Crippen LogP) is 6.12. The lowest BCUT2D eigenvalue weighted by atomic mass is 10.0. The van der Waals surface area contributed by atoms with Crippen LogP contribution in [-0.4, -0.2) is 35.5 Å². The first kappa shape index (κ1) is 24.3. The average Bonchev–Trinajstić information content (AvgIpc) is 3.15. The molecule has 0 aliphatic heterocycles. The number of benzene rings is 3. The Morgan fingerprint density at radius 2 is 1.77 bits per heavy atom. The summed E-state index contributed by atoms with van der Waals surface area (Å²) >= 11 is 0. The largest absolute Gasteiger partial charge is 0.494 e. The monoisotopic (exact) mass is 487 g/mol. The molecule has 184 valence electrons. The van der Waals surface area contributed by atoms with Gasteiger partial charge in [0.15, 0.2) is 0 Å². The Bertz CT molecular complexity index is 1380. The molecule has 6 nitrogen and oxygen atoms in total. The molecule has 0 radical (unpaired) electrons. The van der Waals surface area contributed by atoms with Crippen LogP contribution in [0.3, 0.4) is 0 Å². The van der Waals surface area contributed by atoms with E-state index in [1.54, 1.807) is 31.2 Å². The van der Waals surface area contributed by atoms with Gasteiger partial charge in [-0.3, -0.25) is 9.36 Å². The van der Waals surface area contributed by atoms with E-state index in [2.05, 4.69) is 0 Å². The van der Waals surface area contributed by atoms with Gasteiger partial charge in [0.05, 0.1) is 36.1 Å². The van der Waals surface area contributed by atoms with Crippen LogP contribution in [0.2, 0.25) is 0 Å². The lowest BCUT2D eigenvalue weighted by molar-refractivity contribution is -0.142. The molecule has 0 saturated carbocycles. The highest BCUT2D eigenvalue weighted by molar-refractivity contribution is 6.13. The number of fused-ring (bicyclic) bond motifs is 2. The van der Waals surface area contributed by atoms with Crippen molar-refractivity contribution in [3.8, 4) is 23.1 Å². The SMILES string of the molecule is CCCOc1c2ccccc2c(OC(F)F)c2c(O)n(-c3ccc(CC(=O)OCC)cc3F)cc12. The van der Waals surface area contributed by atoms with Gasteiger partial charge in [0.2, 0.25) is 5.88 Å². The maximum atomic E-state index is 15.1. The van der Waals surface area contributed by atoms with Crippen molar-refractivity contribution >= 4 is 27.5 Å². The number of esters is 1. The topological polar surface area (TPSA) is 69.9 Å². The Labute approximate surface area is 199 Å². The van der Waals surface area contributed by atoms with E-state index in [0.29, 0.717) is 40.5 Å².